The first-order valence-electron chi connectivity index (χ1n) is 10.9. The second kappa shape index (κ2) is 10.0. The molecule has 1 aromatic rings. The Morgan fingerprint density at radius 3 is 1.62 bits per heavy atom. The van der Waals surface area contributed by atoms with Crippen LogP contribution in [0, 0.1) is 10.8 Å². The van der Waals surface area contributed by atoms with E-state index < -0.39 is 46.4 Å². The van der Waals surface area contributed by atoms with Crippen LogP contribution in [0.5, 0.6) is 0 Å². The number of hydrogen-bond donors (Lipinski definition) is 3. The van der Waals surface area contributed by atoms with Gasteiger partial charge in [0.05, 0.1) is 0 Å². The van der Waals surface area contributed by atoms with E-state index in [0.717, 1.165) is 0 Å². The third-order valence-electron chi connectivity index (χ3n) is 6.41. The van der Waals surface area contributed by atoms with Crippen LogP contribution in [0.15, 0.2) is 35.4 Å². The SMILES string of the molecule is CCC(CC)(C(=O)O)C(=O)OC1(OC(=O)C(CC)(CC)C(=O)O)C(=O)NN=C1c1ccccc1. The number of rotatable bonds is 11. The van der Waals surface area contributed by atoms with Crippen molar-refractivity contribution in [2.75, 3.05) is 0 Å². The van der Waals surface area contributed by atoms with Gasteiger partial charge in [-0.05, 0) is 25.7 Å². The molecule has 0 saturated heterocycles. The number of esters is 2. The molecule has 11 heteroatoms. The minimum atomic E-state index is -2.83. The Bertz CT molecular complexity index is 965. The van der Waals surface area contributed by atoms with Crippen LogP contribution in [0.1, 0.15) is 58.9 Å². The average Bonchev–Trinajstić information content (AvgIpc) is 3.11. The molecule has 1 aliphatic heterocycles. The lowest BCUT2D eigenvalue weighted by molar-refractivity contribution is -0.219. The predicted molar refractivity (Wildman–Crippen MR) is 117 cm³/mol. The van der Waals surface area contributed by atoms with Crippen LogP contribution >= 0.6 is 0 Å². The Kier molecular flexibility index (Phi) is 7.81. The van der Waals surface area contributed by atoms with Gasteiger partial charge in [-0.2, -0.15) is 5.10 Å². The molecular formula is C23H28N2O9. The zero-order valence-electron chi connectivity index (χ0n) is 19.4. The molecule has 1 amide bonds. The van der Waals surface area contributed by atoms with Gasteiger partial charge in [-0.15, -0.1) is 0 Å². The largest absolute Gasteiger partial charge is 0.480 e. The van der Waals surface area contributed by atoms with Crippen LogP contribution < -0.4 is 5.43 Å². The summed E-state index contributed by atoms with van der Waals surface area (Å²) in [6, 6.07) is 7.86. The van der Waals surface area contributed by atoms with Gasteiger partial charge in [-0.3, -0.25) is 24.0 Å². The lowest BCUT2D eigenvalue weighted by atomic mass is 9.82. The number of hydrazone groups is 1. The number of hydrogen-bond acceptors (Lipinski definition) is 8. The van der Waals surface area contributed by atoms with Crippen molar-refractivity contribution in [3.63, 3.8) is 0 Å². The summed E-state index contributed by atoms with van der Waals surface area (Å²) < 4.78 is 10.8. The summed E-state index contributed by atoms with van der Waals surface area (Å²) in [6.45, 7) is 5.84. The quantitative estimate of drug-likeness (QED) is 0.246. The fraction of sp³-hybridized carbons (Fsp3) is 0.478. The van der Waals surface area contributed by atoms with Crippen LogP contribution in [0.3, 0.4) is 0 Å². The molecule has 0 unspecified atom stereocenters. The summed E-state index contributed by atoms with van der Waals surface area (Å²) in [7, 11) is 0. The number of benzene rings is 1. The summed E-state index contributed by atoms with van der Waals surface area (Å²) in [5.74, 6) is -9.62. The van der Waals surface area contributed by atoms with E-state index in [4.69, 9.17) is 9.47 Å². The van der Waals surface area contributed by atoms with Crippen molar-refractivity contribution in [1.29, 1.82) is 0 Å². The molecule has 1 aliphatic rings. The van der Waals surface area contributed by atoms with E-state index in [1.54, 1.807) is 18.2 Å². The Labute approximate surface area is 196 Å². The van der Waals surface area contributed by atoms with Crippen molar-refractivity contribution in [1.82, 2.24) is 5.43 Å². The second-order valence-electron chi connectivity index (χ2n) is 7.85. The number of carboxylic acid groups (broad SMARTS) is 2. The van der Waals surface area contributed by atoms with Gasteiger partial charge in [-0.1, -0.05) is 58.0 Å². The first kappa shape index (κ1) is 26.5. The van der Waals surface area contributed by atoms with Crippen molar-refractivity contribution in [3.05, 3.63) is 35.9 Å². The molecule has 34 heavy (non-hydrogen) atoms. The van der Waals surface area contributed by atoms with Gasteiger partial charge in [0.1, 0.15) is 0 Å². The molecule has 0 aromatic heterocycles. The minimum absolute atomic E-state index is 0.176. The summed E-state index contributed by atoms with van der Waals surface area (Å²) >= 11 is 0. The highest BCUT2D eigenvalue weighted by molar-refractivity contribution is 6.23. The first-order valence-corrected chi connectivity index (χ1v) is 10.9. The maximum absolute atomic E-state index is 13.2. The molecule has 184 valence electrons. The molecular weight excluding hydrogens is 448 g/mol. The van der Waals surface area contributed by atoms with Crippen molar-refractivity contribution in [2.45, 2.75) is 59.2 Å². The third-order valence-corrected chi connectivity index (χ3v) is 6.41. The molecule has 0 radical (unpaired) electrons. The molecule has 2 rings (SSSR count). The average molecular weight is 476 g/mol. The highest BCUT2D eigenvalue weighted by Crippen LogP contribution is 2.37. The number of aliphatic carboxylic acids is 2. The Hall–Kier alpha value is -3.76. The standard InChI is InChI=1S/C23H28N2O9/c1-5-21(6-2,17(27)28)19(31)33-23(34-20(32)22(7-3,8-4)18(29)30)15(24-25-16(23)26)14-12-10-9-11-13-14/h9-13H,5-8H2,1-4H3,(H,25,26)(H,27,28)(H,29,30). The number of amides is 1. The fourth-order valence-corrected chi connectivity index (χ4v) is 3.74. The number of carbonyl (C=O) groups is 5. The highest BCUT2D eigenvalue weighted by Gasteiger charge is 2.61. The molecule has 0 atom stereocenters. The van der Waals surface area contributed by atoms with E-state index in [9.17, 15) is 34.2 Å². The Morgan fingerprint density at radius 2 is 1.26 bits per heavy atom. The molecule has 11 nitrogen and oxygen atoms in total. The molecule has 1 heterocycles. The normalized spacial score (nSPS) is 15.2. The lowest BCUT2D eigenvalue weighted by Gasteiger charge is -2.34. The summed E-state index contributed by atoms with van der Waals surface area (Å²) in [5.41, 5.74) is -2.07. The van der Waals surface area contributed by atoms with E-state index in [1.807, 2.05) is 0 Å². The van der Waals surface area contributed by atoms with Gasteiger partial charge in [0, 0.05) is 5.56 Å². The van der Waals surface area contributed by atoms with Crippen LogP contribution in [0.2, 0.25) is 0 Å². The predicted octanol–water partition coefficient (Wildman–Crippen LogP) is 2.09. The van der Waals surface area contributed by atoms with Gasteiger partial charge in [-0.25, -0.2) is 5.43 Å². The molecule has 3 N–H and O–H groups in total. The van der Waals surface area contributed by atoms with Gasteiger partial charge in [0.15, 0.2) is 16.5 Å². The smallest absolute Gasteiger partial charge is 0.386 e. The number of nitrogens with one attached hydrogen (secondary N) is 1. The van der Waals surface area contributed by atoms with E-state index in [0.29, 0.717) is 0 Å². The molecule has 0 spiro atoms. The number of nitrogens with zero attached hydrogens (tertiary/aromatic N) is 1. The van der Waals surface area contributed by atoms with Crippen LogP contribution in [0.25, 0.3) is 0 Å². The monoisotopic (exact) mass is 476 g/mol. The summed E-state index contributed by atoms with van der Waals surface area (Å²) in [6.07, 6.45) is -0.706. The number of carbonyl (C=O) groups excluding carboxylic acids is 3. The molecule has 0 fully saturated rings. The zero-order valence-corrected chi connectivity index (χ0v) is 19.4. The van der Waals surface area contributed by atoms with Crippen LogP contribution in [0.4, 0.5) is 0 Å². The van der Waals surface area contributed by atoms with Gasteiger partial charge in [0.2, 0.25) is 0 Å². The molecule has 0 aliphatic carbocycles. The summed E-state index contributed by atoms with van der Waals surface area (Å²) in [4.78, 5) is 63.4. The lowest BCUT2D eigenvalue weighted by Crippen LogP contribution is -2.58. The zero-order chi connectivity index (χ0) is 25.7. The van der Waals surface area contributed by atoms with Crippen LogP contribution in [-0.2, 0) is 33.4 Å². The third kappa shape index (κ3) is 4.13. The van der Waals surface area contributed by atoms with Gasteiger partial charge < -0.3 is 19.7 Å². The van der Waals surface area contributed by atoms with E-state index >= 15 is 0 Å². The van der Waals surface area contributed by atoms with Crippen molar-refractivity contribution < 1.29 is 43.7 Å². The van der Waals surface area contributed by atoms with Crippen LogP contribution in [-0.4, -0.2) is 51.5 Å². The fourth-order valence-electron chi connectivity index (χ4n) is 3.74. The maximum atomic E-state index is 13.2. The van der Waals surface area contributed by atoms with Crippen molar-refractivity contribution in [2.24, 2.45) is 15.9 Å². The second-order valence-corrected chi connectivity index (χ2v) is 7.85. The number of ether oxygens (including phenoxy) is 2. The molecule has 0 saturated carbocycles. The topological polar surface area (TPSA) is 169 Å². The van der Waals surface area contributed by atoms with Crippen molar-refractivity contribution in [3.8, 4) is 0 Å². The molecule has 0 bridgehead atoms. The van der Waals surface area contributed by atoms with Gasteiger partial charge >= 0.3 is 35.6 Å². The maximum Gasteiger partial charge on any atom is 0.386 e. The van der Waals surface area contributed by atoms with Crippen molar-refractivity contribution >= 4 is 35.5 Å². The minimum Gasteiger partial charge on any atom is -0.480 e. The Balaban J connectivity index is 2.69. The van der Waals surface area contributed by atoms with E-state index in [1.165, 1.54) is 39.8 Å². The highest BCUT2D eigenvalue weighted by atomic mass is 16.7. The van der Waals surface area contributed by atoms with E-state index in [2.05, 4.69) is 10.5 Å². The van der Waals surface area contributed by atoms with E-state index in [-0.39, 0.29) is 37.0 Å². The van der Waals surface area contributed by atoms with Gasteiger partial charge in [0.25, 0.3) is 0 Å². The first-order chi connectivity index (χ1) is 16.0. The Morgan fingerprint density at radius 1 is 0.853 bits per heavy atom. The molecule has 1 aromatic carbocycles. The summed E-state index contributed by atoms with van der Waals surface area (Å²) in [5, 5.41) is 23.4. The number of carboxylic acids is 2.